The van der Waals surface area contributed by atoms with E-state index in [2.05, 4.69) is 50.4 Å². The Kier molecular flexibility index (Phi) is 5.77. The molecule has 0 aliphatic rings. The Bertz CT molecular complexity index is 1350. The maximum absolute atomic E-state index is 13.4. The number of halogens is 1. The number of fused-ring (bicyclic) bond motifs is 1. The van der Waals surface area contributed by atoms with Crippen LogP contribution in [0.4, 0.5) is 10.1 Å². The lowest BCUT2D eigenvalue weighted by molar-refractivity contribution is 0.0990. The summed E-state index contributed by atoms with van der Waals surface area (Å²) in [6, 6.07) is 20.9. The van der Waals surface area contributed by atoms with E-state index in [4.69, 9.17) is 5.73 Å². The Morgan fingerprint density at radius 1 is 0.970 bits per heavy atom. The first-order chi connectivity index (χ1) is 15.6. The van der Waals surface area contributed by atoms with E-state index in [9.17, 15) is 14.0 Å². The normalized spacial score (nSPS) is 11.5. The van der Waals surface area contributed by atoms with Crippen molar-refractivity contribution < 1.29 is 14.0 Å². The van der Waals surface area contributed by atoms with Gasteiger partial charge in [0.2, 0.25) is 0 Å². The highest BCUT2D eigenvalue weighted by atomic mass is 19.1. The van der Waals surface area contributed by atoms with Crippen molar-refractivity contribution in [1.82, 2.24) is 4.57 Å². The van der Waals surface area contributed by atoms with Gasteiger partial charge in [0.05, 0.1) is 0 Å². The summed E-state index contributed by atoms with van der Waals surface area (Å²) in [7, 11) is 0. The first-order valence-electron chi connectivity index (χ1n) is 10.7. The average Bonchev–Trinajstić information content (AvgIpc) is 3.11. The van der Waals surface area contributed by atoms with E-state index in [1.165, 1.54) is 23.8 Å². The number of nitrogens with one attached hydrogen (secondary N) is 1. The van der Waals surface area contributed by atoms with Crippen molar-refractivity contribution in [1.29, 1.82) is 0 Å². The quantitative estimate of drug-likeness (QED) is 0.429. The lowest BCUT2D eigenvalue weighted by Gasteiger charge is -2.19. The molecule has 168 valence electrons. The third kappa shape index (κ3) is 4.80. The van der Waals surface area contributed by atoms with Crippen molar-refractivity contribution >= 4 is 28.4 Å². The molecule has 0 unspecified atom stereocenters. The molecule has 1 aromatic heterocycles. The Balaban J connectivity index is 1.64. The van der Waals surface area contributed by atoms with Crippen LogP contribution in [-0.2, 0) is 12.0 Å². The van der Waals surface area contributed by atoms with Crippen molar-refractivity contribution in [3.05, 3.63) is 101 Å². The van der Waals surface area contributed by atoms with Crippen LogP contribution in [0.2, 0.25) is 0 Å². The molecule has 6 heteroatoms. The fraction of sp³-hybridized carbons (Fsp3) is 0.185. The fourth-order valence-corrected chi connectivity index (χ4v) is 3.85. The molecule has 33 heavy (non-hydrogen) atoms. The summed E-state index contributed by atoms with van der Waals surface area (Å²) in [5.74, 6) is -1.41. The minimum atomic E-state index is -0.525. The van der Waals surface area contributed by atoms with E-state index in [-0.39, 0.29) is 11.0 Å². The predicted molar refractivity (Wildman–Crippen MR) is 129 cm³/mol. The van der Waals surface area contributed by atoms with Gasteiger partial charge in [-0.15, -0.1) is 0 Å². The van der Waals surface area contributed by atoms with Crippen molar-refractivity contribution in [2.45, 2.75) is 32.7 Å². The monoisotopic (exact) mass is 443 g/mol. The highest BCUT2D eigenvalue weighted by molar-refractivity contribution is 6.05. The molecule has 0 aliphatic heterocycles. The van der Waals surface area contributed by atoms with Crippen LogP contribution in [0.1, 0.15) is 52.7 Å². The molecular weight excluding hydrogens is 417 g/mol. The van der Waals surface area contributed by atoms with E-state index in [1.54, 1.807) is 24.3 Å². The highest BCUT2D eigenvalue weighted by Crippen LogP contribution is 2.26. The predicted octanol–water partition coefficient (Wildman–Crippen LogP) is 5.48. The van der Waals surface area contributed by atoms with Gasteiger partial charge >= 0.3 is 0 Å². The van der Waals surface area contributed by atoms with Gasteiger partial charge in [0.1, 0.15) is 11.5 Å². The number of nitrogens with zero attached hydrogens (tertiary/aromatic N) is 1. The average molecular weight is 444 g/mol. The molecule has 4 rings (SSSR count). The maximum atomic E-state index is 13.4. The zero-order chi connectivity index (χ0) is 23.8. The molecule has 0 bridgehead atoms. The van der Waals surface area contributed by atoms with Gasteiger partial charge in [0, 0.05) is 28.7 Å². The number of hydrogen-bond donors (Lipinski definition) is 2. The zero-order valence-electron chi connectivity index (χ0n) is 18.9. The van der Waals surface area contributed by atoms with E-state index >= 15 is 0 Å². The lowest BCUT2D eigenvalue weighted by Crippen LogP contribution is -2.17. The number of primary amides is 1. The third-order valence-corrected chi connectivity index (χ3v) is 5.66. The number of rotatable bonds is 5. The molecule has 0 radical (unpaired) electrons. The van der Waals surface area contributed by atoms with E-state index in [0.29, 0.717) is 17.9 Å². The number of hydrogen-bond acceptors (Lipinski definition) is 2. The van der Waals surface area contributed by atoms with Crippen LogP contribution in [0.25, 0.3) is 10.9 Å². The van der Waals surface area contributed by atoms with Crippen LogP contribution in [-0.4, -0.2) is 16.4 Å². The van der Waals surface area contributed by atoms with Crippen molar-refractivity contribution in [2.24, 2.45) is 5.73 Å². The molecular formula is C27H26FN3O2. The number of benzene rings is 3. The largest absolute Gasteiger partial charge is 0.364 e. The van der Waals surface area contributed by atoms with Crippen molar-refractivity contribution in [3.8, 4) is 0 Å². The van der Waals surface area contributed by atoms with Crippen LogP contribution >= 0.6 is 0 Å². The van der Waals surface area contributed by atoms with Crippen LogP contribution in [0.15, 0.2) is 72.8 Å². The minimum absolute atomic E-state index is 0.0589. The van der Waals surface area contributed by atoms with E-state index in [1.807, 2.05) is 10.6 Å². The van der Waals surface area contributed by atoms with Gasteiger partial charge in [-0.25, -0.2) is 4.39 Å². The Labute approximate surface area is 192 Å². The number of amides is 2. The Morgan fingerprint density at radius 3 is 2.33 bits per heavy atom. The highest BCUT2D eigenvalue weighted by Gasteiger charge is 2.16. The van der Waals surface area contributed by atoms with E-state index in [0.717, 1.165) is 16.5 Å². The number of anilines is 1. The summed E-state index contributed by atoms with van der Waals surface area (Å²) in [6.07, 6.45) is 0. The number of carbonyl (C=O) groups excluding carboxylic acids is 2. The second-order valence-corrected chi connectivity index (χ2v) is 9.16. The van der Waals surface area contributed by atoms with Gasteiger partial charge in [0.25, 0.3) is 11.8 Å². The molecule has 0 atom stereocenters. The van der Waals surface area contributed by atoms with E-state index < -0.39 is 17.6 Å². The van der Waals surface area contributed by atoms with Gasteiger partial charge in [-0.1, -0.05) is 51.1 Å². The van der Waals surface area contributed by atoms with Gasteiger partial charge < -0.3 is 15.6 Å². The Hall–Kier alpha value is -3.93. The fourth-order valence-electron chi connectivity index (χ4n) is 3.85. The van der Waals surface area contributed by atoms with Crippen LogP contribution in [0.5, 0.6) is 0 Å². The van der Waals surface area contributed by atoms with Crippen molar-refractivity contribution in [2.75, 3.05) is 5.32 Å². The molecule has 0 aliphatic carbocycles. The molecule has 0 fully saturated rings. The van der Waals surface area contributed by atoms with Gasteiger partial charge in [-0.05, 0) is 59.0 Å². The summed E-state index contributed by atoms with van der Waals surface area (Å²) < 4.78 is 15.3. The molecule has 3 N–H and O–H groups in total. The second kappa shape index (κ2) is 8.54. The second-order valence-electron chi connectivity index (χ2n) is 9.16. The number of nitrogens with two attached hydrogens (primary N) is 1. The third-order valence-electron chi connectivity index (χ3n) is 5.66. The molecule has 0 saturated carbocycles. The molecule has 3 aromatic carbocycles. The van der Waals surface area contributed by atoms with Crippen LogP contribution in [0, 0.1) is 5.82 Å². The summed E-state index contributed by atoms with van der Waals surface area (Å²) in [6.45, 7) is 6.98. The van der Waals surface area contributed by atoms with Gasteiger partial charge in [-0.3, -0.25) is 9.59 Å². The first-order valence-corrected chi connectivity index (χ1v) is 10.7. The summed E-state index contributed by atoms with van der Waals surface area (Å²) >= 11 is 0. The minimum Gasteiger partial charge on any atom is -0.364 e. The molecule has 4 aromatic rings. The van der Waals surface area contributed by atoms with Crippen LogP contribution in [0.3, 0.4) is 0 Å². The summed E-state index contributed by atoms with van der Waals surface area (Å²) in [5.41, 5.74) is 9.98. The molecule has 5 nitrogen and oxygen atoms in total. The topological polar surface area (TPSA) is 77.1 Å². The number of carbonyl (C=O) groups is 2. The SMILES string of the molecule is CC(C)(C)c1ccc(Cn2c(C(N)=O)cc3cc(NC(=O)c4cccc(F)c4)ccc32)cc1. The maximum Gasteiger partial charge on any atom is 0.265 e. The lowest BCUT2D eigenvalue weighted by atomic mass is 9.87. The summed E-state index contributed by atoms with van der Waals surface area (Å²) in [5, 5.41) is 3.55. The van der Waals surface area contributed by atoms with Crippen LogP contribution < -0.4 is 11.1 Å². The molecule has 0 saturated heterocycles. The first kappa shape index (κ1) is 22.3. The molecule has 1 heterocycles. The number of aromatic nitrogens is 1. The van der Waals surface area contributed by atoms with Gasteiger partial charge in [-0.2, -0.15) is 0 Å². The molecule has 0 spiro atoms. The van der Waals surface area contributed by atoms with Gasteiger partial charge in [0.15, 0.2) is 0 Å². The smallest absolute Gasteiger partial charge is 0.265 e. The molecule has 2 amide bonds. The standard InChI is InChI=1S/C27H26FN3O2/c1-27(2,3)20-9-7-17(8-10-20)16-31-23-12-11-22(14-19(23)15-24(31)25(29)32)30-26(33)18-5-4-6-21(28)13-18/h4-15H,16H2,1-3H3,(H2,29,32)(H,30,33). The zero-order valence-corrected chi connectivity index (χ0v) is 18.9. The van der Waals surface area contributed by atoms with Crippen molar-refractivity contribution in [3.63, 3.8) is 0 Å². The Morgan fingerprint density at radius 2 is 1.70 bits per heavy atom. The summed E-state index contributed by atoms with van der Waals surface area (Å²) in [4.78, 5) is 24.6.